The number of rotatable bonds is 11. The molecule has 2 aliphatic carbocycles. The van der Waals surface area contributed by atoms with E-state index in [1.165, 1.54) is 0 Å². The number of halogens is 4. The van der Waals surface area contributed by atoms with Gasteiger partial charge in [0.25, 0.3) is 5.91 Å². The average molecular weight is 841 g/mol. The van der Waals surface area contributed by atoms with Crippen molar-refractivity contribution in [3.63, 3.8) is 0 Å². The molecule has 11 rings (SSSR count). The summed E-state index contributed by atoms with van der Waals surface area (Å²) in [5.74, 6) is -0.126. The maximum absolute atomic E-state index is 17.8. The number of amides is 1. The Kier molecular flexibility index (Phi) is 9.74. The molecule has 1 amide bonds. The second-order valence-corrected chi connectivity index (χ2v) is 17.9. The Morgan fingerprint density at radius 2 is 2.00 bits per heavy atom. The molecule has 4 aliphatic heterocycles. The molecule has 4 saturated heterocycles. The van der Waals surface area contributed by atoms with E-state index in [9.17, 15) is 10.1 Å². The van der Waals surface area contributed by atoms with E-state index in [0.29, 0.717) is 34.2 Å². The summed E-state index contributed by atoms with van der Waals surface area (Å²) in [6.45, 7) is 3.98. The number of pyridine rings is 2. The number of ether oxygens (including phenoxy) is 2. The lowest BCUT2D eigenvalue weighted by Crippen LogP contribution is -2.42. The highest BCUT2D eigenvalue weighted by molar-refractivity contribution is 6.43. The summed E-state index contributed by atoms with van der Waals surface area (Å²) in [5, 5.41) is 15.2. The third-order valence-electron chi connectivity index (χ3n) is 13.5. The zero-order valence-electron chi connectivity index (χ0n) is 32.9. The first kappa shape index (κ1) is 38.6. The molecule has 0 radical (unpaired) electrons. The van der Waals surface area contributed by atoms with E-state index < -0.39 is 29.5 Å². The molecule has 2 saturated carbocycles. The molecule has 7 atom stereocenters. The number of likely N-dealkylation sites (N-methyl/N-ethyl adjacent to an activating group) is 1. The van der Waals surface area contributed by atoms with E-state index in [0.717, 1.165) is 43.6 Å². The number of nitrogens with zero attached hydrogens (tertiary/aromatic N) is 6. The minimum atomic E-state index is -1.91. The van der Waals surface area contributed by atoms with Crippen LogP contribution in [-0.4, -0.2) is 86.9 Å². The van der Waals surface area contributed by atoms with Crippen molar-refractivity contribution in [1.82, 2.24) is 29.7 Å². The van der Waals surface area contributed by atoms with E-state index in [1.54, 1.807) is 35.4 Å². The Balaban J connectivity index is 1.23. The number of hydrogen-bond acceptors (Lipinski definition) is 8. The fourth-order valence-corrected chi connectivity index (χ4v) is 10.7. The number of carbonyl (C=O) groups is 1. The van der Waals surface area contributed by atoms with Crippen molar-refractivity contribution in [2.75, 3.05) is 26.7 Å². The first-order valence-electron chi connectivity index (χ1n) is 20.7. The zero-order valence-corrected chi connectivity index (χ0v) is 34.4. The third-order valence-corrected chi connectivity index (χ3v) is 14.3. The van der Waals surface area contributed by atoms with E-state index in [4.69, 9.17) is 37.7 Å². The van der Waals surface area contributed by atoms with Crippen LogP contribution in [0.5, 0.6) is 11.8 Å². The molecule has 7 unspecified atom stereocenters. The SMILES string of the molecule is CC(Oc1nc2c(F)c(-c3cccc(Cl)c3Cl)c(CCC#N)cc2c2c1cc(C1CC(Oc3ccccn3)CN1C(=O)C1(F)CC1)n2C1C2CNC1C2)C1CCCN1C. The lowest BCUT2D eigenvalue weighted by molar-refractivity contribution is -0.139. The van der Waals surface area contributed by atoms with Gasteiger partial charge < -0.3 is 24.3 Å². The monoisotopic (exact) mass is 839 g/mol. The summed E-state index contributed by atoms with van der Waals surface area (Å²) in [5.41, 5.74) is 0.982. The Hall–Kier alpha value is -4.54. The molecule has 59 heavy (non-hydrogen) atoms. The number of fused-ring (bicyclic) bond motifs is 4. The molecule has 1 N–H and O–H groups in total. The summed E-state index contributed by atoms with van der Waals surface area (Å²) in [4.78, 5) is 27.5. The topological polar surface area (TPSA) is 109 Å². The Morgan fingerprint density at radius 1 is 1.15 bits per heavy atom. The number of carbonyl (C=O) groups excluding carboxylic acids is 1. The minimum Gasteiger partial charge on any atom is -0.472 e. The first-order valence-corrected chi connectivity index (χ1v) is 21.5. The number of aryl methyl sites for hydroxylation is 1. The summed E-state index contributed by atoms with van der Waals surface area (Å²) >= 11 is 13.3. The summed E-state index contributed by atoms with van der Waals surface area (Å²) in [7, 11) is 2.09. The second kappa shape index (κ2) is 14.9. The molecule has 14 heteroatoms. The smallest absolute Gasteiger partial charge is 0.260 e. The summed E-state index contributed by atoms with van der Waals surface area (Å²) in [6, 6.07) is 16.4. The number of benzene rings is 2. The maximum Gasteiger partial charge on any atom is 0.260 e. The average Bonchev–Trinajstić information content (AvgIpc) is 3.84. The van der Waals surface area contributed by atoms with Gasteiger partial charge in [0.05, 0.1) is 45.6 Å². The Bertz CT molecular complexity index is 2510. The van der Waals surface area contributed by atoms with Gasteiger partial charge in [-0.2, -0.15) is 5.26 Å². The van der Waals surface area contributed by atoms with Gasteiger partial charge in [0.2, 0.25) is 11.8 Å². The van der Waals surface area contributed by atoms with Gasteiger partial charge in [-0.15, -0.1) is 0 Å². The number of nitriles is 1. The molecule has 2 bridgehead atoms. The second-order valence-electron chi connectivity index (χ2n) is 17.1. The fraction of sp³-hybridized carbons (Fsp3) is 0.467. The van der Waals surface area contributed by atoms with Crippen LogP contribution in [0.4, 0.5) is 8.78 Å². The van der Waals surface area contributed by atoms with Crippen molar-refractivity contribution in [3.8, 4) is 29.0 Å². The van der Waals surface area contributed by atoms with E-state index in [1.807, 2.05) is 31.2 Å². The van der Waals surface area contributed by atoms with Crippen LogP contribution in [0.3, 0.4) is 0 Å². The largest absolute Gasteiger partial charge is 0.472 e. The quantitative estimate of drug-likeness (QED) is 0.141. The van der Waals surface area contributed by atoms with Gasteiger partial charge in [-0.05, 0) is 94.8 Å². The van der Waals surface area contributed by atoms with Gasteiger partial charge in [0, 0.05) is 65.9 Å². The molecule has 0 spiro atoms. The molecule has 3 aromatic heterocycles. The lowest BCUT2D eigenvalue weighted by Gasteiger charge is -2.39. The third kappa shape index (κ3) is 6.51. The predicted octanol–water partition coefficient (Wildman–Crippen LogP) is 8.77. The minimum absolute atomic E-state index is 0.0278. The van der Waals surface area contributed by atoms with E-state index in [2.05, 4.69) is 32.9 Å². The van der Waals surface area contributed by atoms with Gasteiger partial charge >= 0.3 is 0 Å². The van der Waals surface area contributed by atoms with Crippen LogP contribution in [0.15, 0.2) is 54.7 Å². The molecule has 6 aliphatic rings. The van der Waals surface area contributed by atoms with Gasteiger partial charge in [-0.25, -0.2) is 18.7 Å². The summed E-state index contributed by atoms with van der Waals surface area (Å²) < 4.78 is 49.2. The highest BCUT2D eigenvalue weighted by Gasteiger charge is 2.57. The van der Waals surface area contributed by atoms with Gasteiger partial charge in [-0.3, -0.25) is 9.69 Å². The van der Waals surface area contributed by atoms with Crippen molar-refractivity contribution in [3.05, 3.63) is 81.8 Å². The number of alkyl halides is 1. The molecular formula is C45H45Cl2F2N7O3. The van der Waals surface area contributed by atoms with Crippen LogP contribution in [0.25, 0.3) is 32.9 Å². The molecule has 2 aromatic carbocycles. The fourth-order valence-electron chi connectivity index (χ4n) is 10.3. The normalized spacial score (nSPS) is 26.3. The van der Waals surface area contributed by atoms with Crippen molar-refractivity contribution < 1.29 is 23.0 Å². The predicted molar refractivity (Wildman–Crippen MR) is 222 cm³/mol. The van der Waals surface area contributed by atoms with Crippen molar-refractivity contribution in [1.29, 1.82) is 5.26 Å². The lowest BCUT2D eigenvalue weighted by atomic mass is 9.79. The van der Waals surface area contributed by atoms with Crippen LogP contribution >= 0.6 is 23.2 Å². The highest BCUT2D eigenvalue weighted by atomic mass is 35.5. The number of nitrogens with one attached hydrogen (secondary N) is 1. The molecule has 10 nitrogen and oxygen atoms in total. The number of aromatic nitrogens is 3. The van der Waals surface area contributed by atoms with Gasteiger partial charge in [0.1, 0.15) is 17.7 Å². The highest BCUT2D eigenvalue weighted by Crippen LogP contribution is 2.53. The van der Waals surface area contributed by atoms with Crippen LogP contribution in [0.1, 0.15) is 75.2 Å². The van der Waals surface area contributed by atoms with Crippen molar-refractivity contribution in [2.24, 2.45) is 5.92 Å². The van der Waals surface area contributed by atoms with Crippen molar-refractivity contribution >= 4 is 50.9 Å². The Labute approximate surface area is 351 Å². The van der Waals surface area contributed by atoms with Gasteiger partial charge in [0.15, 0.2) is 11.5 Å². The summed E-state index contributed by atoms with van der Waals surface area (Å²) in [6.07, 6.45) is 5.06. The van der Waals surface area contributed by atoms with E-state index >= 15 is 8.78 Å². The standard InChI is InChI=1S/C45H45Cl2F2N7O3/c1-24(33-11-7-17-54(33)2)58-43-30-21-35(34-20-27(59-36-12-3-4-16-51-36)23-55(34)44(57)45(49)13-14-45)56(41-26-19-32(41)52-22-26)42(30)29-18-25(8-6-15-50)37(39(48)40(29)53-43)28-9-5-10-31(46)38(28)47/h3-5,9-10,12,16,18,21,24,26-27,32-34,41,52H,6-8,11,13-14,17,19-20,22-23H2,1-2H3. The van der Waals surface area contributed by atoms with E-state index in [-0.39, 0.29) is 89.4 Å². The molecular weight excluding hydrogens is 795 g/mol. The molecule has 6 fully saturated rings. The number of likely N-dealkylation sites (tertiary alicyclic amines) is 2. The molecule has 306 valence electrons. The molecule has 7 heterocycles. The molecule has 5 aromatic rings. The zero-order chi connectivity index (χ0) is 40.7. The van der Waals surface area contributed by atoms with Crippen LogP contribution in [0.2, 0.25) is 10.0 Å². The van der Waals surface area contributed by atoms with Crippen molar-refractivity contribution in [2.45, 2.75) is 100 Å². The first-order chi connectivity index (χ1) is 28.5. The van der Waals surface area contributed by atoms with Crippen LogP contribution in [-0.2, 0) is 11.2 Å². The van der Waals surface area contributed by atoms with Crippen LogP contribution in [0, 0.1) is 23.1 Å². The van der Waals surface area contributed by atoms with Crippen LogP contribution < -0.4 is 14.8 Å². The number of hydrogen-bond donors (Lipinski definition) is 1. The Morgan fingerprint density at radius 3 is 2.69 bits per heavy atom. The maximum atomic E-state index is 17.8. The van der Waals surface area contributed by atoms with Gasteiger partial charge in [-0.1, -0.05) is 41.4 Å².